The Morgan fingerprint density at radius 2 is 1.83 bits per heavy atom. The summed E-state index contributed by atoms with van der Waals surface area (Å²) in [5.74, 6) is -3.89. The second-order valence-corrected chi connectivity index (χ2v) is 6.51. The maximum Gasteiger partial charge on any atom is 0.412 e. The van der Waals surface area contributed by atoms with E-state index >= 15 is 0 Å². The zero-order chi connectivity index (χ0) is 17.4. The van der Waals surface area contributed by atoms with Gasteiger partial charge in [0, 0.05) is 31.6 Å². The van der Waals surface area contributed by atoms with Gasteiger partial charge in [0.25, 0.3) is 0 Å². The topological polar surface area (TPSA) is 38.8 Å². The lowest BCUT2D eigenvalue weighted by atomic mass is 9.96. The minimum Gasteiger partial charge on any atom is -0.444 e. The third-order valence-electron chi connectivity index (χ3n) is 3.64. The van der Waals surface area contributed by atoms with Crippen molar-refractivity contribution in [2.75, 3.05) is 13.7 Å². The fourth-order valence-electron chi connectivity index (χ4n) is 2.66. The van der Waals surface area contributed by atoms with Gasteiger partial charge in [-0.1, -0.05) is 0 Å². The zero-order valence-electron chi connectivity index (χ0n) is 13.5. The van der Waals surface area contributed by atoms with Crippen molar-refractivity contribution in [2.45, 2.75) is 44.9 Å². The fraction of sp³-hybridized carbons (Fsp3) is 0.562. The molecule has 0 aromatic heterocycles. The minimum atomic E-state index is -1.23. The van der Waals surface area contributed by atoms with Gasteiger partial charge in [-0.05, 0) is 32.9 Å². The molecule has 1 saturated heterocycles. The average Bonchev–Trinajstić information content (AvgIpc) is 2.85. The Morgan fingerprint density at radius 1 is 1.22 bits per heavy atom. The van der Waals surface area contributed by atoms with Crippen LogP contribution in [-0.2, 0) is 9.47 Å². The van der Waals surface area contributed by atoms with E-state index in [0.29, 0.717) is 0 Å². The summed E-state index contributed by atoms with van der Waals surface area (Å²) in [4.78, 5) is 13.5. The van der Waals surface area contributed by atoms with Gasteiger partial charge in [0.05, 0.1) is 0 Å². The first-order valence-corrected chi connectivity index (χ1v) is 7.30. The van der Waals surface area contributed by atoms with E-state index < -0.39 is 41.3 Å². The molecule has 1 fully saturated rings. The molecule has 0 saturated carbocycles. The Balaban J connectivity index is 2.26. The summed E-state index contributed by atoms with van der Waals surface area (Å²) >= 11 is 0. The van der Waals surface area contributed by atoms with Gasteiger partial charge >= 0.3 is 6.09 Å². The molecule has 1 aliphatic rings. The SMILES string of the molecule is CO[C@@H]1C[C@H](c2c(F)ccc(F)c2F)CN1C(=O)OC(C)(C)C. The molecule has 0 unspecified atom stereocenters. The number of carbonyl (C=O) groups excluding carboxylic acids is 1. The first kappa shape index (κ1) is 17.6. The average molecular weight is 331 g/mol. The lowest BCUT2D eigenvalue weighted by molar-refractivity contribution is -0.0305. The van der Waals surface area contributed by atoms with Crippen molar-refractivity contribution in [1.29, 1.82) is 0 Å². The van der Waals surface area contributed by atoms with Crippen molar-refractivity contribution in [3.8, 4) is 0 Å². The van der Waals surface area contributed by atoms with Crippen LogP contribution in [0.5, 0.6) is 0 Å². The van der Waals surface area contributed by atoms with Crippen LogP contribution in [0.25, 0.3) is 0 Å². The number of likely N-dealkylation sites (tertiary alicyclic amines) is 1. The number of hydrogen-bond acceptors (Lipinski definition) is 3. The van der Waals surface area contributed by atoms with Crippen LogP contribution in [0.2, 0.25) is 0 Å². The van der Waals surface area contributed by atoms with Gasteiger partial charge in [-0.25, -0.2) is 18.0 Å². The molecule has 0 spiro atoms. The Bertz CT molecular complexity index is 601. The molecule has 1 amide bonds. The smallest absolute Gasteiger partial charge is 0.412 e. The zero-order valence-corrected chi connectivity index (χ0v) is 13.5. The van der Waals surface area contributed by atoms with E-state index in [0.717, 1.165) is 12.1 Å². The monoisotopic (exact) mass is 331 g/mol. The van der Waals surface area contributed by atoms with Crippen molar-refractivity contribution >= 4 is 6.09 Å². The molecule has 2 rings (SSSR count). The van der Waals surface area contributed by atoms with E-state index in [1.165, 1.54) is 12.0 Å². The van der Waals surface area contributed by atoms with Gasteiger partial charge in [0.1, 0.15) is 17.6 Å². The standard InChI is InChI=1S/C16H20F3NO3/c1-16(2,3)23-15(21)20-8-9(7-12(20)22-4)13-10(17)5-6-11(18)14(13)19/h5-6,9,12H,7-8H2,1-4H3/t9-,12+/m0/s1. The molecule has 0 N–H and O–H groups in total. The Morgan fingerprint density at radius 3 is 2.39 bits per heavy atom. The predicted molar refractivity (Wildman–Crippen MR) is 77.4 cm³/mol. The first-order valence-electron chi connectivity index (χ1n) is 7.30. The molecule has 128 valence electrons. The summed E-state index contributed by atoms with van der Waals surface area (Å²) in [6, 6.07) is 1.62. The van der Waals surface area contributed by atoms with E-state index in [4.69, 9.17) is 9.47 Å². The summed E-state index contributed by atoms with van der Waals surface area (Å²) < 4.78 is 51.8. The molecule has 23 heavy (non-hydrogen) atoms. The number of nitrogens with zero attached hydrogens (tertiary/aromatic N) is 1. The molecular formula is C16H20F3NO3. The van der Waals surface area contributed by atoms with Gasteiger partial charge in [0.15, 0.2) is 11.6 Å². The Hall–Kier alpha value is -1.76. The van der Waals surface area contributed by atoms with Crippen LogP contribution in [-0.4, -0.2) is 36.5 Å². The number of rotatable bonds is 2. The van der Waals surface area contributed by atoms with Crippen molar-refractivity contribution in [3.05, 3.63) is 35.1 Å². The van der Waals surface area contributed by atoms with Gasteiger partial charge in [-0.3, -0.25) is 4.90 Å². The summed E-state index contributed by atoms with van der Waals surface area (Å²) in [7, 11) is 1.39. The van der Waals surface area contributed by atoms with E-state index in [1.54, 1.807) is 20.8 Å². The minimum absolute atomic E-state index is 0.00921. The fourth-order valence-corrected chi connectivity index (χ4v) is 2.66. The van der Waals surface area contributed by atoms with E-state index in [2.05, 4.69) is 0 Å². The Labute approximate surface area is 133 Å². The molecule has 1 aromatic rings. The molecule has 1 aliphatic heterocycles. The first-order chi connectivity index (χ1) is 10.6. The van der Waals surface area contributed by atoms with Crippen LogP contribution in [0, 0.1) is 17.5 Å². The molecule has 7 heteroatoms. The number of ether oxygens (including phenoxy) is 2. The van der Waals surface area contributed by atoms with E-state index in [-0.39, 0.29) is 18.5 Å². The maximum atomic E-state index is 14.0. The molecule has 0 aliphatic carbocycles. The number of methoxy groups -OCH3 is 1. The molecule has 1 heterocycles. The number of benzene rings is 1. The normalized spacial score (nSPS) is 21.6. The van der Waals surface area contributed by atoms with Crippen molar-refractivity contribution in [1.82, 2.24) is 4.90 Å². The maximum absolute atomic E-state index is 14.0. The summed E-state index contributed by atoms with van der Waals surface area (Å²) in [6.07, 6.45) is -1.16. The van der Waals surface area contributed by atoms with Crippen molar-refractivity contribution in [2.24, 2.45) is 0 Å². The van der Waals surface area contributed by atoms with Crippen LogP contribution in [0.15, 0.2) is 12.1 Å². The number of carbonyl (C=O) groups is 1. The van der Waals surface area contributed by atoms with Gasteiger partial charge < -0.3 is 9.47 Å². The van der Waals surface area contributed by atoms with E-state index in [9.17, 15) is 18.0 Å². The summed E-state index contributed by atoms with van der Waals surface area (Å²) in [5, 5.41) is 0. The Kier molecular flexibility index (Phi) is 4.89. The summed E-state index contributed by atoms with van der Waals surface area (Å²) in [5.41, 5.74) is -1.07. The molecular weight excluding hydrogens is 311 g/mol. The van der Waals surface area contributed by atoms with Crippen LogP contribution in [0.3, 0.4) is 0 Å². The van der Waals surface area contributed by atoms with Crippen LogP contribution >= 0.6 is 0 Å². The van der Waals surface area contributed by atoms with Gasteiger partial charge in [0.2, 0.25) is 0 Å². The molecule has 2 atom stereocenters. The van der Waals surface area contributed by atoms with Gasteiger partial charge in [-0.15, -0.1) is 0 Å². The predicted octanol–water partition coefficient (Wildman–Crippen LogP) is 3.80. The second-order valence-electron chi connectivity index (χ2n) is 6.51. The van der Waals surface area contributed by atoms with Crippen LogP contribution in [0.1, 0.15) is 38.7 Å². The molecule has 4 nitrogen and oxygen atoms in total. The largest absolute Gasteiger partial charge is 0.444 e. The summed E-state index contributed by atoms with van der Waals surface area (Å²) in [6.45, 7) is 5.13. The highest BCUT2D eigenvalue weighted by Gasteiger charge is 2.40. The molecule has 0 radical (unpaired) electrons. The number of amides is 1. The quantitative estimate of drug-likeness (QED) is 0.774. The third kappa shape index (κ3) is 3.77. The van der Waals surface area contributed by atoms with Crippen molar-refractivity contribution < 1.29 is 27.4 Å². The van der Waals surface area contributed by atoms with Gasteiger partial charge in [-0.2, -0.15) is 0 Å². The highest BCUT2D eigenvalue weighted by atomic mass is 19.2. The lowest BCUT2D eigenvalue weighted by Gasteiger charge is -2.27. The van der Waals surface area contributed by atoms with Crippen LogP contribution < -0.4 is 0 Å². The lowest BCUT2D eigenvalue weighted by Crippen LogP contribution is -2.40. The molecule has 1 aromatic carbocycles. The number of hydrogen-bond donors (Lipinski definition) is 0. The molecule has 0 bridgehead atoms. The highest BCUT2D eigenvalue weighted by molar-refractivity contribution is 5.69. The third-order valence-corrected chi connectivity index (χ3v) is 3.64. The highest BCUT2D eigenvalue weighted by Crippen LogP contribution is 2.36. The van der Waals surface area contributed by atoms with Crippen molar-refractivity contribution in [3.63, 3.8) is 0 Å². The van der Waals surface area contributed by atoms with E-state index in [1.807, 2.05) is 0 Å². The number of halogens is 3. The second kappa shape index (κ2) is 6.39. The van der Waals surface area contributed by atoms with Crippen LogP contribution in [0.4, 0.5) is 18.0 Å².